The lowest BCUT2D eigenvalue weighted by molar-refractivity contribution is 0.102. The van der Waals surface area contributed by atoms with Crippen molar-refractivity contribution in [3.63, 3.8) is 0 Å². The Morgan fingerprint density at radius 2 is 1.91 bits per heavy atom. The fraction of sp³-hybridized carbons (Fsp3) is 0. The molecule has 0 aliphatic heterocycles. The minimum atomic E-state index is -1.06. The molecule has 0 saturated heterocycles. The first-order valence-electron chi connectivity index (χ1n) is 6.49. The Morgan fingerprint density at radius 3 is 2.64 bits per heavy atom. The molecule has 0 atom stereocenters. The van der Waals surface area contributed by atoms with Crippen LogP contribution < -0.4 is 5.32 Å². The number of nitrogens with one attached hydrogen (secondary N) is 1. The van der Waals surface area contributed by atoms with Crippen molar-refractivity contribution in [2.24, 2.45) is 0 Å². The lowest BCUT2D eigenvalue weighted by Crippen LogP contribution is -2.14. The number of hydrogen-bond donors (Lipinski definition) is 1. The van der Waals surface area contributed by atoms with Crippen LogP contribution in [0.4, 0.5) is 14.5 Å². The zero-order valence-electron chi connectivity index (χ0n) is 11.3. The number of benzene rings is 2. The summed E-state index contributed by atoms with van der Waals surface area (Å²) in [7, 11) is 0. The molecule has 0 aliphatic rings. The Balaban J connectivity index is 1.90. The first-order chi connectivity index (χ1) is 10.6. The number of aromatic nitrogens is 2. The molecule has 1 heterocycles. The SMILES string of the molecule is O=C(Nc1ccccc1-n1ccnc1)c1ccc(F)c(F)c1. The van der Waals surface area contributed by atoms with Crippen LogP contribution in [0.25, 0.3) is 5.69 Å². The summed E-state index contributed by atoms with van der Waals surface area (Å²) in [6.45, 7) is 0. The molecule has 0 aliphatic carbocycles. The van der Waals surface area contributed by atoms with Crippen LogP contribution >= 0.6 is 0 Å². The van der Waals surface area contributed by atoms with Crippen LogP contribution in [0, 0.1) is 11.6 Å². The van der Waals surface area contributed by atoms with Gasteiger partial charge in [0.25, 0.3) is 5.91 Å². The Labute approximate surface area is 125 Å². The van der Waals surface area contributed by atoms with E-state index in [1.54, 1.807) is 35.4 Å². The topological polar surface area (TPSA) is 46.9 Å². The smallest absolute Gasteiger partial charge is 0.255 e. The quantitative estimate of drug-likeness (QED) is 0.805. The van der Waals surface area contributed by atoms with Crippen molar-refractivity contribution < 1.29 is 13.6 Å². The lowest BCUT2D eigenvalue weighted by Gasteiger charge is -2.11. The zero-order chi connectivity index (χ0) is 15.5. The van der Waals surface area contributed by atoms with Crippen molar-refractivity contribution >= 4 is 11.6 Å². The summed E-state index contributed by atoms with van der Waals surface area (Å²) in [6, 6.07) is 10.1. The molecule has 1 N–H and O–H groups in total. The van der Waals surface area contributed by atoms with Crippen LogP contribution in [-0.4, -0.2) is 15.5 Å². The second-order valence-electron chi connectivity index (χ2n) is 4.57. The number of rotatable bonds is 3. The fourth-order valence-electron chi connectivity index (χ4n) is 2.04. The number of imidazole rings is 1. The molecular formula is C16H11F2N3O. The van der Waals surface area contributed by atoms with E-state index in [0.717, 1.165) is 17.8 Å². The molecule has 3 rings (SSSR count). The molecule has 0 bridgehead atoms. The molecule has 1 aromatic heterocycles. The maximum atomic E-state index is 13.2. The number of carbonyl (C=O) groups is 1. The van der Waals surface area contributed by atoms with Crippen LogP contribution in [0.3, 0.4) is 0 Å². The highest BCUT2D eigenvalue weighted by molar-refractivity contribution is 6.05. The average Bonchev–Trinajstić information content (AvgIpc) is 3.04. The summed E-state index contributed by atoms with van der Waals surface area (Å²) < 4.78 is 27.9. The van der Waals surface area contributed by atoms with Crippen molar-refractivity contribution in [3.05, 3.63) is 78.4 Å². The van der Waals surface area contributed by atoms with E-state index >= 15 is 0 Å². The van der Waals surface area contributed by atoms with E-state index in [1.165, 1.54) is 6.07 Å². The average molecular weight is 299 g/mol. The molecule has 3 aromatic rings. The van der Waals surface area contributed by atoms with Crippen LogP contribution in [0.1, 0.15) is 10.4 Å². The molecule has 1 amide bonds. The van der Waals surface area contributed by atoms with Crippen molar-refractivity contribution in [2.75, 3.05) is 5.32 Å². The van der Waals surface area contributed by atoms with E-state index in [0.29, 0.717) is 5.69 Å². The highest BCUT2D eigenvalue weighted by Gasteiger charge is 2.12. The van der Waals surface area contributed by atoms with Gasteiger partial charge in [0.05, 0.1) is 17.7 Å². The van der Waals surface area contributed by atoms with Gasteiger partial charge in [-0.3, -0.25) is 4.79 Å². The van der Waals surface area contributed by atoms with E-state index in [2.05, 4.69) is 10.3 Å². The summed E-state index contributed by atoms with van der Waals surface area (Å²) in [4.78, 5) is 16.1. The van der Waals surface area contributed by atoms with Gasteiger partial charge in [0.2, 0.25) is 0 Å². The molecule has 2 aromatic carbocycles. The summed E-state index contributed by atoms with van der Waals surface area (Å²) in [5, 5.41) is 2.69. The van der Waals surface area contributed by atoms with Crippen molar-refractivity contribution in [3.8, 4) is 5.69 Å². The largest absolute Gasteiger partial charge is 0.320 e. The van der Waals surface area contributed by atoms with Crippen molar-refractivity contribution in [1.82, 2.24) is 9.55 Å². The summed E-state index contributed by atoms with van der Waals surface area (Å²) in [5.41, 5.74) is 1.30. The minimum absolute atomic E-state index is 0.0411. The van der Waals surface area contributed by atoms with Crippen molar-refractivity contribution in [2.45, 2.75) is 0 Å². The van der Waals surface area contributed by atoms with E-state index in [1.807, 2.05) is 12.1 Å². The number of halogens is 2. The second kappa shape index (κ2) is 5.77. The summed E-state index contributed by atoms with van der Waals surface area (Å²) in [6.07, 6.45) is 4.96. The van der Waals surface area contributed by atoms with Crippen LogP contribution in [0.15, 0.2) is 61.2 Å². The van der Waals surface area contributed by atoms with Gasteiger partial charge in [-0.05, 0) is 30.3 Å². The van der Waals surface area contributed by atoms with Gasteiger partial charge in [-0.2, -0.15) is 0 Å². The van der Waals surface area contributed by atoms with Gasteiger partial charge in [0, 0.05) is 18.0 Å². The molecule has 6 heteroatoms. The maximum absolute atomic E-state index is 13.2. The molecule has 0 radical (unpaired) electrons. The van der Waals surface area contributed by atoms with Crippen molar-refractivity contribution in [1.29, 1.82) is 0 Å². The summed E-state index contributed by atoms with van der Waals surface area (Å²) >= 11 is 0. The first kappa shape index (κ1) is 13.9. The number of amides is 1. The molecular weight excluding hydrogens is 288 g/mol. The van der Waals surface area contributed by atoms with Gasteiger partial charge >= 0.3 is 0 Å². The molecule has 4 nitrogen and oxygen atoms in total. The van der Waals surface area contributed by atoms with Gasteiger partial charge in [-0.25, -0.2) is 13.8 Å². The summed E-state index contributed by atoms with van der Waals surface area (Å²) in [5.74, 6) is -2.57. The minimum Gasteiger partial charge on any atom is -0.320 e. The zero-order valence-corrected chi connectivity index (χ0v) is 11.3. The monoisotopic (exact) mass is 299 g/mol. The third-order valence-electron chi connectivity index (χ3n) is 3.12. The molecule has 22 heavy (non-hydrogen) atoms. The van der Waals surface area contributed by atoms with Gasteiger partial charge in [0.1, 0.15) is 0 Å². The molecule has 0 unspecified atom stereocenters. The standard InChI is InChI=1S/C16H11F2N3O/c17-12-6-5-11(9-13(12)18)16(22)20-14-3-1-2-4-15(14)21-8-7-19-10-21/h1-10H,(H,20,22). The van der Waals surface area contributed by atoms with Gasteiger partial charge in [0.15, 0.2) is 11.6 Å². The molecule has 110 valence electrons. The lowest BCUT2D eigenvalue weighted by atomic mass is 10.2. The van der Waals surface area contributed by atoms with Gasteiger partial charge < -0.3 is 9.88 Å². The number of hydrogen-bond acceptors (Lipinski definition) is 2. The molecule has 0 fully saturated rings. The van der Waals surface area contributed by atoms with E-state index in [-0.39, 0.29) is 5.56 Å². The van der Waals surface area contributed by atoms with Gasteiger partial charge in [-0.15, -0.1) is 0 Å². The predicted molar refractivity (Wildman–Crippen MR) is 77.9 cm³/mol. The van der Waals surface area contributed by atoms with E-state index in [4.69, 9.17) is 0 Å². The Kier molecular flexibility index (Phi) is 3.65. The molecule has 0 spiro atoms. The Hall–Kier alpha value is -3.02. The first-order valence-corrected chi connectivity index (χ1v) is 6.49. The van der Waals surface area contributed by atoms with Crippen LogP contribution in [0.2, 0.25) is 0 Å². The maximum Gasteiger partial charge on any atom is 0.255 e. The third-order valence-corrected chi connectivity index (χ3v) is 3.12. The Bertz CT molecular complexity index is 816. The normalized spacial score (nSPS) is 10.5. The van der Waals surface area contributed by atoms with E-state index < -0.39 is 17.5 Å². The van der Waals surface area contributed by atoms with Gasteiger partial charge in [-0.1, -0.05) is 12.1 Å². The third kappa shape index (κ3) is 2.71. The fourth-order valence-corrected chi connectivity index (χ4v) is 2.04. The number of nitrogens with zero attached hydrogens (tertiary/aromatic N) is 2. The number of para-hydroxylation sites is 2. The number of anilines is 1. The van der Waals surface area contributed by atoms with Crippen LogP contribution in [-0.2, 0) is 0 Å². The number of carbonyl (C=O) groups excluding carboxylic acids is 1. The molecule has 0 saturated carbocycles. The second-order valence-corrected chi connectivity index (χ2v) is 4.57. The van der Waals surface area contributed by atoms with E-state index in [9.17, 15) is 13.6 Å². The Morgan fingerprint density at radius 1 is 1.09 bits per heavy atom. The predicted octanol–water partition coefficient (Wildman–Crippen LogP) is 3.40. The van der Waals surface area contributed by atoms with Crippen LogP contribution in [0.5, 0.6) is 0 Å². The highest BCUT2D eigenvalue weighted by Crippen LogP contribution is 2.20. The highest BCUT2D eigenvalue weighted by atomic mass is 19.2.